The van der Waals surface area contributed by atoms with Crippen LogP contribution in [-0.4, -0.2) is 26.6 Å². The predicted octanol–water partition coefficient (Wildman–Crippen LogP) is 18.2. The van der Waals surface area contributed by atoms with Crippen LogP contribution in [0.25, 0.3) is 127 Å². The minimum atomic E-state index is 0.539. The Morgan fingerprint density at radius 3 is 1.64 bits per heavy atom. The van der Waals surface area contributed by atoms with E-state index >= 15 is 0 Å². The van der Waals surface area contributed by atoms with E-state index in [4.69, 9.17) is 15.0 Å². The van der Waals surface area contributed by atoms with E-state index in [2.05, 4.69) is 265 Å². The second kappa shape index (κ2) is 18.3. The van der Waals surface area contributed by atoms with Crippen LogP contribution in [0.5, 0.6) is 0 Å². The van der Waals surface area contributed by atoms with Crippen molar-refractivity contribution in [2.24, 2.45) is 0 Å². The number of nitrogens with zero attached hydrogens (tertiary/aromatic N) is 5. The van der Waals surface area contributed by atoms with Crippen molar-refractivity contribution in [1.82, 2.24) is 19.5 Å². The summed E-state index contributed by atoms with van der Waals surface area (Å²) in [6, 6.07) is 95.6. The summed E-state index contributed by atoms with van der Waals surface area (Å²) in [6.45, 7) is 0. The normalized spacial score (nSPS) is 11.5. The minimum absolute atomic E-state index is 0.539. The van der Waals surface area contributed by atoms with E-state index in [0.717, 1.165) is 61.2 Å². The van der Waals surface area contributed by atoms with Gasteiger partial charge in [0, 0.05) is 40.2 Å². The maximum Gasteiger partial charge on any atom is 0.233 e. The zero-order valence-electron chi connectivity index (χ0n) is 41.1. The number of para-hydroxylation sites is 3. The quantitative estimate of drug-likeness (QED) is 0.145. The van der Waals surface area contributed by atoms with Crippen molar-refractivity contribution in [1.29, 1.82) is 0 Å². The summed E-state index contributed by atoms with van der Waals surface area (Å²) in [5.41, 5.74) is 15.3. The van der Waals surface area contributed by atoms with Gasteiger partial charge in [0.25, 0.3) is 0 Å². The third-order valence-corrected chi connectivity index (χ3v) is 14.8. The molecule has 0 aliphatic heterocycles. The number of anilines is 2. The second-order valence-electron chi connectivity index (χ2n) is 19.2. The van der Waals surface area contributed by atoms with E-state index in [9.17, 15) is 0 Å². The molecule has 0 N–H and O–H groups in total. The largest absolute Gasteiger partial charge is 0.313 e. The highest BCUT2D eigenvalue weighted by Gasteiger charge is 2.21. The smallest absolute Gasteiger partial charge is 0.233 e. The molecule has 2 aromatic heterocycles. The standard InChI is InChI=1S/C70H47N5/c1-74(64-35-14-12-31-58(64)51-40-41-61-60-32-13-15-36-65(60)75(66(61)45-51)54-27-6-3-7-28-54)70-72-68(49-21-4-2-5-22-49)71-69(73-70)53-26-16-25-52(43-53)67-62(59-34-18-24-47-20-9-11-30-56(47)59)42-39-48-37-38-50(44-63(48)67)57-33-17-23-46-19-8-10-29-55(46)57/h2-45H,1H3. The Balaban J connectivity index is 0.934. The van der Waals surface area contributed by atoms with Crippen molar-refractivity contribution in [3.05, 3.63) is 267 Å². The zero-order chi connectivity index (χ0) is 49.8. The number of hydrogen-bond acceptors (Lipinski definition) is 4. The van der Waals surface area contributed by atoms with Crippen LogP contribution in [0.3, 0.4) is 0 Å². The van der Waals surface area contributed by atoms with Gasteiger partial charge >= 0.3 is 0 Å². The third-order valence-electron chi connectivity index (χ3n) is 14.8. The molecule has 0 radical (unpaired) electrons. The van der Waals surface area contributed by atoms with Gasteiger partial charge in [0.15, 0.2) is 11.6 Å². The molecule has 0 fully saturated rings. The molecule has 5 nitrogen and oxygen atoms in total. The highest BCUT2D eigenvalue weighted by atomic mass is 15.3. The summed E-state index contributed by atoms with van der Waals surface area (Å²) in [5, 5.41) is 9.62. The van der Waals surface area contributed by atoms with Crippen LogP contribution < -0.4 is 4.90 Å². The summed E-state index contributed by atoms with van der Waals surface area (Å²) < 4.78 is 2.37. The Bertz CT molecular complexity index is 4490. The van der Waals surface area contributed by atoms with Gasteiger partial charge in [-0.25, -0.2) is 4.98 Å². The molecular formula is C70H47N5. The van der Waals surface area contributed by atoms with Gasteiger partial charge in [-0.05, 0) is 114 Å². The monoisotopic (exact) mass is 957 g/mol. The fraction of sp³-hybridized carbons (Fsp3) is 0.0143. The molecule has 5 heteroatoms. The molecular weight excluding hydrogens is 911 g/mol. The molecule has 12 aromatic carbocycles. The maximum absolute atomic E-state index is 5.37. The minimum Gasteiger partial charge on any atom is -0.313 e. The highest BCUT2D eigenvalue weighted by molar-refractivity contribution is 6.12. The Morgan fingerprint density at radius 2 is 0.840 bits per heavy atom. The van der Waals surface area contributed by atoms with E-state index < -0.39 is 0 Å². The van der Waals surface area contributed by atoms with E-state index in [1.54, 1.807) is 0 Å². The van der Waals surface area contributed by atoms with E-state index in [-0.39, 0.29) is 0 Å². The molecule has 14 rings (SSSR count). The number of rotatable bonds is 9. The van der Waals surface area contributed by atoms with Gasteiger partial charge in [0.1, 0.15) is 0 Å². The van der Waals surface area contributed by atoms with Gasteiger partial charge < -0.3 is 9.47 Å². The molecule has 14 aromatic rings. The van der Waals surface area contributed by atoms with Crippen molar-refractivity contribution >= 4 is 65.8 Å². The Hall–Kier alpha value is -9.97. The van der Waals surface area contributed by atoms with Crippen molar-refractivity contribution < 1.29 is 0 Å². The molecule has 0 spiro atoms. The van der Waals surface area contributed by atoms with Crippen molar-refractivity contribution in [3.63, 3.8) is 0 Å². The van der Waals surface area contributed by atoms with Crippen LogP contribution in [0.2, 0.25) is 0 Å². The van der Waals surface area contributed by atoms with Gasteiger partial charge in [-0.2, -0.15) is 9.97 Å². The van der Waals surface area contributed by atoms with Crippen molar-refractivity contribution in [3.8, 4) is 73.0 Å². The summed E-state index contributed by atoms with van der Waals surface area (Å²) in [7, 11) is 2.06. The van der Waals surface area contributed by atoms with Gasteiger partial charge in [0.05, 0.1) is 16.7 Å². The van der Waals surface area contributed by atoms with Crippen LogP contribution in [-0.2, 0) is 0 Å². The van der Waals surface area contributed by atoms with E-state index in [1.807, 2.05) is 18.2 Å². The lowest BCUT2D eigenvalue weighted by atomic mass is 9.86. The van der Waals surface area contributed by atoms with Crippen LogP contribution in [0.4, 0.5) is 11.6 Å². The molecule has 0 atom stereocenters. The zero-order valence-corrected chi connectivity index (χ0v) is 41.1. The van der Waals surface area contributed by atoms with Crippen molar-refractivity contribution in [2.45, 2.75) is 0 Å². The Labute approximate surface area is 434 Å². The van der Waals surface area contributed by atoms with Gasteiger partial charge in [-0.15, -0.1) is 0 Å². The molecule has 0 saturated carbocycles. The lowest BCUT2D eigenvalue weighted by Gasteiger charge is -2.22. The van der Waals surface area contributed by atoms with Gasteiger partial charge in [-0.1, -0.05) is 224 Å². The van der Waals surface area contributed by atoms with Crippen LogP contribution >= 0.6 is 0 Å². The third kappa shape index (κ3) is 7.69. The van der Waals surface area contributed by atoms with Gasteiger partial charge in [0.2, 0.25) is 5.95 Å². The summed E-state index contributed by atoms with van der Waals surface area (Å²) >= 11 is 0. The lowest BCUT2D eigenvalue weighted by molar-refractivity contribution is 0.999. The van der Waals surface area contributed by atoms with E-state index in [0.29, 0.717) is 17.6 Å². The second-order valence-corrected chi connectivity index (χ2v) is 19.2. The molecule has 0 aliphatic carbocycles. The summed E-state index contributed by atoms with van der Waals surface area (Å²) in [6.07, 6.45) is 0. The first-order valence-electron chi connectivity index (χ1n) is 25.5. The first-order chi connectivity index (χ1) is 37.1. The van der Waals surface area contributed by atoms with Crippen molar-refractivity contribution in [2.75, 3.05) is 11.9 Å². The number of benzene rings is 12. The fourth-order valence-electron chi connectivity index (χ4n) is 11.2. The molecule has 0 bridgehead atoms. The molecule has 352 valence electrons. The molecule has 0 aliphatic rings. The first-order valence-corrected chi connectivity index (χ1v) is 25.5. The van der Waals surface area contributed by atoms with Crippen LogP contribution in [0.1, 0.15) is 0 Å². The van der Waals surface area contributed by atoms with Gasteiger partial charge in [-0.3, -0.25) is 0 Å². The highest BCUT2D eigenvalue weighted by Crippen LogP contribution is 2.44. The lowest BCUT2D eigenvalue weighted by Crippen LogP contribution is -2.16. The number of fused-ring (bicyclic) bond motifs is 6. The maximum atomic E-state index is 5.37. The average molecular weight is 958 g/mol. The summed E-state index contributed by atoms with van der Waals surface area (Å²) in [4.78, 5) is 18.0. The fourth-order valence-corrected chi connectivity index (χ4v) is 11.2. The van der Waals surface area contributed by atoms with Crippen LogP contribution in [0, 0.1) is 0 Å². The van der Waals surface area contributed by atoms with E-state index in [1.165, 1.54) is 59.9 Å². The van der Waals surface area contributed by atoms with Crippen LogP contribution in [0.15, 0.2) is 267 Å². The average Bonchev–Trinajstić information content (AvgIpc) is 3.85. The Morgan fingerprint density at radius 1 is 0.307 bits per heavy atom. The summed E-state index contributed by atoms with van der Waals surface area (Å²) in [5.74, 6) is 1.72. The first kappa shape index (κ1) is 43.8. The molecule has 75 heavy (non-hydrogen) atoms. The number of hydrogen-bond donors (Lipinski definition) is 0. The number of aromatic nitrogens is 4. The molecule has 0 unspecified atom stereocenters. The SMILES string of the molecule is CN(c1nc(-c2ccccc2)nc(-c2cccc(-c3c(-c4cccc5ccccc45)ccc4ccc(-c5cccc6ccccc56)cc34)c2)n1)c1ccccc1-c1ccc2c3ccccc3n(-c3ccccc3)c2c1. The molecule has 2 heterocycles. The molecule has 0 saturated heterocycles. The molecule has 0 amide bonds. The topological polar surface area (TPSA) is 46.8 Å². The predicted molar refractivity (Wildman–Crippen MR) is 314 cm³/mol. The Kier molecular flexibility index (Phi) is 10.7.